The first-order valence-corrected chi connectivity index (χ1v) is 8.57. The summed E-state index contributed by atoms with van der Waals surface area (Å²) in [6.07, 6.45) is 0.838. The highest BCUT2D eigenvalue weighted by atomic mass is 19.1. The molecule has 1 saturated heterocycles. The molecular formula is C18H28FN3O2. The van der Waals surface area contributed by atoms with Crippen LogP contribution in [0.25, 0.3) is 0 Å². The van der Waals surface area contributed by atoms with Gasteiger partial charge in [0, 0.05) is 52.5 Å². The molecule has 134 valence electrons. The van der Waals surface area contributed by atoms with E-state index in [1.807, 2.05) is 12.1 Å². The summed E-state index contributed by atoms with van der Waals surface area (Å²) in [5.41, 5.74) is 1.13. The van der Waals surface area contributed by atoms with Crippen LogP contribution in [0.4, 0.5) is 4.39 Å². The molecule has 24 heavy (non-hydrogen) atoms. The first-order chi connectivity index (χ1) is 11.6. The van der Waals surface area contributed by atoms with Crippen LogP contribution in [0, 0.1) is 5.82 Å². The standard InChI is InChI=1S/C18H28FN3O2/c1-15(16-4-6-17(19)7-5-16)22-11-9-21(10-12-22)14-18(23)20-8-3-13-24-2/h4-7,15H,3,8-14H2,1-2H3,(H,20,23). The predicted octanol–water partition coefficient (Wildman–Crippen LogP) is 1.66. The van der Waals surface area contributed by atoms with E-state index in [4.69, 9.17) is 4.74 Å². The number of ether oxygens (including phenoxy) is 1. The van der Waals surface area contributed by atoms with Gasteiger partial charge in [-0.15, -0.1) is 0 Å². The van der Waals surface area contributed by atoms with Gasteiger partial charge in [0.05, 0.1) is 6.54 Å². The van der Waals surface area contributed by atoms with Crippen LogP contribution in [0.1, 0.15) is 24.9 Å². The van der Waals surface area contributed by atoms with E-state index >= 15 is 0 Å². The fourth-order valence-corrected chi connectivity index (χ4v) is 2.96. The SMILES string of the molecule is COCCCNC(=O)CN1CCN(C(C)c2ccc(F)cc2)CC1. The van der Waals surface area contributed by atoms with Gasteiger partial charge in [-0.2, -0.15) is 0 Å². The maximum Gasteiger partial charge on any atom is 0.234 e. The highest BCUT2D eigenvalue weighted by molar-refractivity contribution is 5.77. The molecule has 1 aromatic rings. The van der Waals surface area contributed by atoms with E-state index < -0.39 is 0 Å². The maximum absolute atomic E-state index is 13.0. The van der Waals surface area contributed by atoms with Crippen molar-refractivity contribution in [2.75, 3.05) is 53.0 Å². The van der Waals surface area contributed by atoms with E-state index in [0.717, 1.165) is 38.2 Å². The van der Waals surface area contributed by atoms with Gasteiger partial charge in [-0.25, -0.2) is 4.39 Å². The maximum atomic E-state index is 13.0. The van der Waals surface area contributed by atoms with Crippen molar-refractivity contribution in [1.29, 1.82) is 0 Å². The molecule has 2 rings (SSSR count). The molecule has 1 aliphatic rings. The van der Waals surface area contributed by atoms with Crippen molar-refractivity contribution in [3.05, 3.63) is 35.6 Å². The molecule has 0 radical (unpaired) electrons. The third kappa shape index (κ3) is 5.85. The fourth-order valence-electron chi connectivity index (χ4n) is 2.96. The van der Waals surface area contributed by atoms with Gasteiger partial charge in [0.25, 0.3) is 0 Å². The van der Waals surface area contributed by atoms with E-state index in [1.54, 1.807) is 7.11 Å². The van der Waals surface area contributed by atoms with Crippen LogP contribution in [0.15, 0.2) is 24.3 Å². The number of carbonyl (C=O) groups excluding carboxylic acids is 1. The summed E-state index contributed by atoms with van der Waals surface area (Å²) in [6.45, 7) is 7.49. The molecule has 1 atom stereocenters. The second-order valence-electron chi connectivity index (χ2n) is 6.24. The number of methoxy groups -OCH3 is 1. The first kappa shape index (κ1) is 18.8. The summed E-state index contributed by atoms with van der Waals surface area (Å²) in [5.74, 6) is -0.126. The van der Waals surface area contributed by atoms with Crippen molar-refractivity contribution < 1.29 is 13.9 Å². The highest BCUT2D eigenvalue weighted by Gasteiger charge is 2.23. The second kappa shape index (κ2) is 9.71. The smallest absolute Gasteiger partial charge is 0.234 e. The number of rotatable bonds is 8. The summed E-state index contributed by atoms with van der Waals surface area (Å²) in [6, 6.07) is 6.97. The molecule has 0 spiro atoms. The monoisotopic (exact) mass is 337 g/mol. The van der Waals surface area contributed by atoms with Crippen LogP contribution in [0.2, 0.25) is 0 Å². The number of halogens is 1. The minimum atomic E-state index is -0.202. The van der Waals surface area contributed by atoms with Crippen molar-refractivity contribution in [3.8, 4) is 0 Å². The number of hydrogen-bond donors (Lipinski definition) is 1. The molecule has 0 saturated carbocycles. The average molecular weight is 337 g/mol. The Labute approximate surface area is 143 Å². The van der Waals surface area contributed by atoms with Gasteiger partial charge < -0.3 is 10.1 Å². The molecule has 1 amide bonds. The van der Waals surface area contributed by atoms with Crippen LogP contribution in [-0.4, -0.2) is 68.7 Å². The van der Waals surface area contributed by atoms with Crippen molar-refractivity contribution >= 4 is 5.91 Å². The zero-order valence-corrected chi connectivity index (χ0v) is 14.6. The largest absolute Gasteiger partial charge is 0.385 e. The van der Waals surface area contributed by atoms with E-state index in [2.05, 4.69) is 22.0 Å². The molecule has 1 heterocycles. The number of carbonyl (C=O) groups is 1. The van der Waals surface area contributed by atoms with Crippen molar-refractivity contribution in [3.63, 3.8) is 0 Å². The van der Waals surface area contributed by atoms with Gasteiger partial charge in [-0.3, -0.25) is 14.6 Å². The van der Waals surface area contributed by atoms with Gasteiger partial charge in [-0.05, 0) is 31.0 Å². The van der Waals surface area contributed by atoms with Crippen molar-refractivity contribution in [2.24, 2.45) is 0 Å². The molecule has 1 aromatic carbocycles. The van der Waals surface area contributed by atoms with Crippen LogP contribution < -0.4 is 5.32 Å². The lowest BCUT2D eigenvalue weighted by Crippen LogP contribution is -2.50. The van der Waals surface area contributed by atoms with Crippen LogP contribution >= 0.6 is 0 Å². The number of benzene rings is 1. The third-order valence-corrected chi connectivity index (χ3v) is 4.52. The normalized spacial score (nSPS) is 17.6. The molecule has 1 fully saturated rings. The molecule has 1 aliphatic heterocycles. The topological polar surface area (TPSA) is 44.8 Å². The molecule has 0 aromatic heterocycles. The Kier molecular flexibility index (Phi) is 7.62. The number of nitrogens with zero attached hydrogens (tertiary/aromatic N) is 2. The zero-order chi connectivity index (χ0) is 17.4. The van der Waals surface area contributed by atoms with E-state index in [-0.39, 0.29) is 17.8 Å². The lowest BCUT2D eigenvalue weighted by molar-refractivity contribution is -0.122. The molecule has 6 heteroatoms. The summed E-state index contributed by atoms with van der Waals surface area (Å²) in [7, 11) is 1.66. The first-order valence-electron chi connectivity index (χ1n) is 8.57. The fraction of sp³-hybridized carbons (Fsp3) is 0.611. The third-order valence-electron chi connectivity index (χ3n) is 4.52. The average Bonchev–Trinajstić information content (AvgIpc) is 2.59. The minimum absolute atomic E-state index is 0.0751. The van der Waals surface area contributed by atoms with Crippen LogP contribution in [0.3, 0.4) is 0 Å². The minimum Gasteiger partial charge on any atom is -0.385 e. The summed E-state index contributed by atoms with van der Waals surface area (Å²) >= 11 is 0. The molecule has 1 N–H and O–H groups in total. The number of hydrogen-bond acceptors (Lipinski definition) is 4. The molecule has 5 nitrogen and oxygen atoms in total. The van der Waals surface area contributed by atoms with Gasteiger partial charge in [0.1, 0.15) is 5.82 Å². The Morgan fingerprint density at radius 3 is 2.54 bits per heavy atom. The van der Waals surface area contributed by atoms with Gasteiger partial charge in [-0.1, -0.05) is 12.1 Å². The predicted molar refractivity (Wildman–Crippen MR) is 92.3 cm³/mol. The number of amides is 1. The van der Waals surface area contributed by atoms with E-state index in [0.29, 0.717) is 19.7 Å². The summed E-state index contributed by atoms with van der Waals surface area (Å²) < 4.78 is 18.0. The Hall–Kier alpha value is -1.50. The highest BCUT2D eigenvalue weighted by Crippen LogP contribution is 2.21. The summed E-state index contributed by atoms with van der Waals surface area (Å²) in [4.78, 5) is 16.5. The van der Waals surface area contributed by atoms with Gasteiger partial charge in [0.2, 0.25) is 5.91 Å². The Morgan fingerprint density at radius 1 is 1.25 bits per heavy atom. The Morgan fingerprint density at radius 2 is 1.92 bits per heavy atom. The quantitative estimate of drug-likeness (QED) is 0.733. The molecular weight excluding hydrogens is 309 g/mol. The number of piperazine rings is 1. The lowest BCUT2D eigenvalue weighted by Gasteiger charge is -2.38. The zero-order valence-electron chi connectivity index (χ0n) is 14.6. The molecule has 0 aliphatic carbocycles. The molecule has 0 bridgehead atoms. The Bertz CT molecular complexity index is 501. The van der Waals surface area contributed by atoms with Crippen LogP contribution in [-0.2, 0) is 9.53 Å². The van der Waals surface area contributed by atoms with Gasteiger partial charge >= 0.3 is 0 Å². The van der Waals surface area contributed by atoms with Crippen LogP contribution in [0.5, 0.6) is 0 Å². The van der Waals surface area contributed by atoms with Crippen molar-refractivity contribution in [2.45, 2.75) is 19.4 Å². The summed E-state index contributed by atoms with van der Waals surface area (Å²) in [5, 5.41) is 2.92. The lowest BCUT2D eigenvalue weighted by atomic mass is 10.1. The molecule has 1 unspecified atom stereocenters. The Balaban J connectivity index is 1.71. The second-order valence-corrected chi connectivity index (χ2v) is 6.24. The van der Waals surface area contributed by atoms with Crippen molar-refractivity contribution in [1.82, 2.24) is 15.1 Å². The van der Waals surface area contributed by atoms with Gasteiger partial charge in [0.15, 0.2) is 0 Å². The number of nitrogens with one attached hydrogen (secondary N) is 1. The van der Waals surface area contributed by atoms with E-state index in [9.17, 15) is 9.18 Å². The van der Waals surface area contributed by atoms with E-state index in [1.165, 1.54) is 12.1 Å².